The van der Waals surface area contributed by atoms with Crippen LogP contribution in [0.1, 0.15) is 28.2 Å². The molecule has 5 heteroatoms. The molecule has 20 heavy (non-hydrogen) atoms. The fourth-order valence-corrected chi connectivity index (χ4v) is 3.33. The second-order valence-electron chi connectivity index (χ2n) is 4.81. The Morgan fingerprint density at radius 2 is 2.10 bits per heavy atom. The molecule has 0 radical (unpaired) electrons. The topological polar surface area (TPSA) is 32.3 Å². The van der Waals surface area contributed by atoms with Gasteiger partial charge in [-0.15, -0.1) is 11.3 Å². The summed E-state index contributed by atoms with van der Waals surface area (Å²) in [4.78, 5) is 14.8. The van der Waals surface area contributed by atoms with E-state index >= 15 is 0 Å². The van der Waals surface area contributed by atoms with Gasteiger partial charge in [-0.05, 0) is 47.1 Å². The molecule has 0 fully saturated rings. The minimum atomic E-state index is 0.0140. The number of thiophene rings is 1. The van der Waals surface area contributed by atoms with E-state index in [0.717, 1.165) is 10.2 Å². The Morgan fingerprint density at radius 1 is 1.35 bits per heavy atom. The number of anilines is 1. The third-order valence-corrected chi connectivity index (χ3v) is 4.79. The fraction of sp³-hybridized carbons (Fsp3) is 0.267. The van der Waals surface area contributed by atoms with Crippen molar-refractivity contribution in [3.05, 3.63) is 50.6 Å². The molecule has 0 spiro atoms. The van der Waals surface area contributed by atoms with Crippen molar-refractivity contribution < 1.29 is 4.79 Å². The van der Waals surface area contributed by atoms with Crippen LogP contribution >= 0.6 is 27.3 Å². The van der Waals surface area contributed by atoms with Crippen molar-refractivity contribution in [2.75, 3.05) is 19.4 Å². The highest BCUT2D eigenvalue weighted by Crippen LogP contribution is 2.28. The number of benzene rings is 1. The molecular formula is C15H17BrN2OS. The van der Waals surface area contributed by atoms with Crippen LogP contribution in [0.3, 0.4) is 0 Å². The summed E-state index contributed by atoms with van der Waals surface area (Å²) in [6.45, 7) is 2.11. The zero-order valence-corrected chi connectivity index (χ0v) is 14.1. The monoisotopic (exact) mass is 352 g/mol. The molecule has 1 heterocycles. The SMILES string of the molecule is CC(Nc1cccc(C(=O)N(C)C)c1)c1cc(Br)cs1. The van der Waals surface area contributed by atoms with Crippen LogP contribution in [0.4, 0.5) is 5.69 Å². The molecule has 0 aliphatic rings. The number of nitrogens with zero attached hydrogens (tertiary/aromatic N) is 1. The minimum absolute atomic E-state index is 0.0140. The first-order chi connectivity index (χ1) is 9.47. The molecule has 0 aliphatic carbocycles. The maximum Gasteiger partial charge on any atom is 0.253 e. The number of hydrogen-bond acceptors (Lipinski definition) is 3. The lowest BCUT2D eigenvalue weighted by molar-refractivity contribution is 0.0827. The molecule has 106 valence electrons. The van der Waals surface area contributed by atoms with Crippen LogP contribution in [0, 0.1) is 0 Å². The van der Waals surface area contributed by atoms with Crippen LogP contribution in [0.15, 0.2) is 40.2 Å². The largest absolute Gasteiger partial charge is 0.378 e. The van der Waals surface area contributed by atoms with Crippen LogP contribution in [-0.2, 0) is 0 Å². The van der Waals surface area contributed by atoms with E-state index in [-0.39, 0.29) is 11.9 Å². The molecular weight excluding hydrogens is 336 g/mol. The molecule has 1 unspecified atom stereocenters. The van der Waals surface area contributed by atoms with E-state index in [1.807, 2.05) is 24.3 Å². The van der Waals surface area contributed by atoms with Gasteiger partial charge in [0.25, 0.3) is 5.91 Å². The number of halogens is 1. The smallest absolute Gasteiger partial charge is 0.253 e. The number of hydrogen-bond donors (Lipinski definition) is 1. The first-order valence-corrected chi connectivity index (χ1v) is 7.97. The van der Waals surface area contributed by atoms with Gasteiger partial charge >= 0.3 is 0 Å². The minimum Gasteiger partial charge on any atom is -0.378 e. The van der Waals surface area contributed by atoms with Crippen LogP contribution in [0.2, 0.25) is 0 Å². The molecule has 0 saturated heterocycles. The Morgan fingerprint density at radius 3 is 2.70 bits per heavy atom. The number of carbonyl (C=O) groups is 1. The second-order valence-corrected chi connectivity index (χ2v) is 6.67. The summed E-state index contributed by atoms with van der Waals surface area (Å²) in [6, 6.07) is 9.91. The van der Waals surface area contributed by atoms with E-state index in [2.05, 4.69) is 39.6 Å². The maximum absolute atomic E-state index is 11.9. The third-order valence-electron chi connectivity index (χ3n) is 2.91. The highest BCUT2D eigenvalue weighted by atomic mass is 79.9. The summed E-state index contributed by atoms with van der Waals surface area (Å²) in [5.74, 6) is 0.0140. The number of nitrogens with one attached hydrogen (secondary N) is 1. The Kier molecular flexibility index (Phi) is 4.83. The normalized spacial score (nSPS) is 12.0. The first kappa shape index (κ1) is 15.1. The Labute approximate surface area is 131 Å². The Bertz CT molecular complexity index is 609. The van der Waals surface area contributed by atoms with Gasteiger partial charge in [-0.25, -0.2) is 0 Å². The van der Waals surface area contributed by atoms with Gasteiger partial charge in [-0.1, -0.05) is 6.07 Å². The van der Waals surface area contributed by atoms with Crippen molar-refractivity contribution in [3.8, 4) is 0 Å². The molecule has 0 aliphatic heterocycles. The molecule has 1 aromatic carbocycles. The molecule has 0 saturated carbocycles. The molecule has 1 amide bonds. The van der Waals surface area contributed by atoms with Crippen molar-refractivity contribution in [1.82, 2.24) is 4.90 Å². The van der Waals surface area contributed by atoms with E-state index in [1.165, 1.54) is 4.88 Å². The average Bonchev–Trinajstić information content (AvgIpc) is 2.85. The summed E-state index contributed by atoms with van der Waals surface area (Å²) in [5, 5.41) is 5.49. The van der Waals surface area contributed by atoms with Gasteiger partial charge in [-0.3, -0.25) is 4.79 Å². The quantitative estimate of drug-likeness (QED) is 0.884. The number of rotatable bonds is 4. The number of carbonyl (C=O) groups excluding carboxylic acids is 1. The molecule has 0 bridgehead atoms. The third kappa shape index (κ3) is 3.61. The lowest BCUT2D eigenvalue weighted by atomic mass is 10.1. The molecule has 2 rings (SSSR count). The average molecular weight is 353 g/mol. The molecule has 1 aromatic heterocycles. The zero-order chi connectivity index (χ0) is 14.7. The lowest BCUT2D eigenvalue weighted by Gasteiger charge is -2.15. The lowest BCUT2D eigenvalue weighted by Crippen LogP contribution is -2.21. The predicted molar refractivity (Wildman–Crippen MR) is 88.5 cm³/mol. The van der Waals surface area contributed by atoms with E-state index in [1.54, 1.807) is 30.3 Å². The van der Waals surface area contributed by atoms with Crippen LogP contribution < -0.4 is 5.32 Å². The van der Waals surface area contributed by atoms with Gasteiger partial charge in [0.15, 0.2) is 0 Å². The van der Waals surface area contributed by atoms with Crippen molar-refractivity contribution >= 4 is 38.9 Å². The Hall–Kier alpha value is -1.33. The van der Waals surface area contributed by atoms with Crippen LogP contribution in [0.5, 0.6) is 0 Å². The summed E-state index contributed by atoms with van der Waals surface area (Å²) in [6.07, 6.45) is 0. The second kappa shape index (κ2) is 6.41. The highest BCUT2D eigenvalue weighted by molar-refractivity contribution is 9.10. The van der Waals surface area contributed by atoms with E-state index in [0.29, 0.717) is 5.56 Å². The van der Waals surface area contributed by atoms with Gasteiger partial charge in [0, 0.05) is 40.1 Å². The van der Waals surface area contributed by atoms with E-state index in [9.17, 15) is 4.79 Å². The van der Waals surface area contributed by atoms with Crippen LogP contribution in [-0.4, -0.2) is 24.9 Å². The van der Waals surface area contributed by atoms with Gasteiger partial charge in [0.05, 0.1) is 6.04 Å². The predicted octanol–water partition coefficient (Wildman–Crippen LogP) is 4.39. The van der Waals surface area contributed by atoms with Crippen molar-refractivity contribution in [1.29, 1.82) is 0 Å². The van der Waals surface area contributed by atoms with Gasteiger partial charge in [0.2, 0.25) is 0 Å². The zero-order valence-electron chi connectivity index (χ0n) is 11.7. The molecule has 3 nitrogen and oxygen atoms in total. The highest BCUT2D eigenvalue weighted by Gasteiger charge is 2.11. The van der Waals surface area contributed by atoms with Gasteiger partial charge < -0.3 is 10.2 Å². The first-order valence-electron chi connectivity index (χ1n) is 6.29. The number of amides is 1. The van der Waals surface area contributed by atoms with Crippen molar-refractivity contribution in [2.24, 2.45) is 0 Å². The van der Waals surface area contributed by atoms with Crippen molar-refractivity contribution in [2.45, 2.75) is 13.0 Å². The molecule has 1 N–H and O–H groups in total. The van der Waals surface area contributed by atoms with Gasteiger partial charge in [0.1, 0.15) is 0 Å². The molecule has 2 aromatic rings. The Balaban J connectivity index is 2.14. The standard InChI is InChI=1S/C15H17BrN2OS/c1-10(14-8-12(16)9-20-14)17-13-6-4-5-11(7-13)15(19)18(2)3/h4-10,17H,1-3H3. The summed E-state index contributed by atoms with van der Waals surface area (Å²) in [5.41, 5.74) is 1.65. The molecule has 1 atom stereocenters. The van der Waals surface area contributed by atoms with Crippen molar-refractivity contribution in [3.63, 3.8) is 0 Å². The summed E-state index contributed by atoms with van der Waals surface area (Å²) < 4.78 is 1.10. The van der Waals surface area contributed by atoms with E-state index < -0.39 is 0 Å². The summed E-state index contributed by atoms with van der Waals surface area (Å²) >= 11 is 5.17. The fourth-order valence-electron chi connectivity index (χ4n) is 1.88. The maximum atomic E-state index is 11.9. The van der Waals surface area contributed by atoms with Gasteiger partial charge in [-0.2, -0.15) is 0 Å². The van der Waals surface area contributed by atoms with Crippen LogP contribution in [0.25, 0.3) is 0 Å². The summed E-state index contributed by atoms with van der Waals surface area (Å²) in [7, 11) is 3.52. The van der Waals surface area contributed by atoms with E-state index in [4.69, 9.17) is 0 Å².